The van der Waals surface area contributed by atoms with Gasteiger partial charge in [-0.05, 0) is 53.3 Å². The molecule has 310 valence electrons. The van der Waals surface area contributed by atoms with Gasteiger partial charge in [-0.25, -0.2) is 0 Å². The van der Waals surface area contributed by atoms with Crippen LogP contribution in [0.4, 0.5) is 0 Å². The molecular formula is C49H35IrN8O4S. The minimum absolute atomic E-state index is 0. The van der Waals surface area contributed by atoms with E-state index in [4.69, 9.17) is 14.2 Å². The molecule has 0 aliphatic rings. The number of amides is 1. The Kier molecular flexibility index (Phi) is 12.8. The van der Waals surface area contributed by atoms with Crippen molar-refractivity contribution < 1.29 is 39.1 Å². The minimum Gasteiger partial charge on any atom is -0.554 e. The monoisotopic (exact) mass is 1020 g/mol. The van der Waals surface area contributed by atoms with Crippen molar-refractivity contribution in [3.63, 3.8) is 0 Å². The van der Waals surface area contributed by atoms with Crippen LogP contribution in [0.5, 0.6) is 17.2 Å². The molecule has 3 heterocycles. The van der Waals surface area contributed by atoms with Gasteiger partial charge in [-0.1, -0.05) is 119 Å². The van der Waals surface area contributed by atoms with Gasteiger partial charge in [0.2, 0.25) is 0 Å². The average molecular weight is 1020 g/mol. The van der Waals surface area contributed by atoms with Crippen molar-refractivity contribution in [1.29, 1.82) is 0 Å². The Balaban J connectivity index is 0.000000129. The molecule has 8 aromatic carbocycles. The Morgan fingerprint density at radius 1 is 0.571 bits per heavy atom. The summed E-state index contributed by atoms with van der Waals surface area (Å²) in [4.78, 5) is 24.1. The second-order valence-corrected chi connectivity index (χ2v) is 14.6. The Hall–Kier alpha value is -7.51. The molecule has 0 aliphatic heterocycles. The standard InChI is InChI=1S/2C17H12N3O.C15H12N2O2S.Ir/c2*1-21-17-11-10-16(12-6-2-3-7-13(12)17)20-18-14-8-4-5-9-15(14)19-20;1-19-11-7-8-12-13(9-11)20-15(16-12)17-14(18)10-5-3-2-4-6-10;/h2*2-9,11H,1H3;2-9H,1H3,(H,16,17,18);/q2*-1;;+3/p-1. The van der Waals surface area contributed by atoms with Crippen molar-refractivity contribution in [2.75, 3.05) is 21.3 Å². The van der Waals surface area contributed by atoms with Gasteiger partial charge >= 0.3 is 20.1 Å². The van der Waals surface area contributed by atoms with Crippen LogP contribution in [0.15, 0.2) is 163 Å². The van der Waals surface area contributed by atoms with Crippen LogP contribution in [0.25, 0.3) is 65.2 Å². The molecule has 0 N–H and O–H groups in total. The summed E-state index contributed by atoms with van der Waals surface area (Å²) in [5.74, 6) is 2.08. The van der Waals surface area contributed by atoms with Gasteiger partial charge < -0.3 is 24.2 Å². The third-order valence-electron chi connectivity index (χ3n) is 9.79. The van der Waals surface area contributed by atoms with E-state index in [9.17, 15) is 4.79 Å². The zero-order valence-electron chi connectivity index (χ0n) is 34.0. The van der Waals surface area contributed by atoms with E-state index in [-0.39, 0.29) is 26.0 Å². The van der Waals surface area contributed by atoms with Crippen LogP contribution < -0.4 is 24.0 Å². The molecule has 3 aromatic heterocycles. The van der Waals surface area contributed by atoms with E-state index < -0.39 is 0 Å². The molecule has 0 atom stereocenters. The topological polar surface area (TPSA) is 133 Å². The van der Waals surface area contributed by atoms with Crippen molar-refractivity contribution >= 4 is 71.1 Å². The Labute approximate surface area is 378 Å². The molecule has 11 rings (SSSR count). The van der Waals surface area contributed by atoms with Gasteiger partial charge in [0, 0.05) is 26.6 Å². The average Bonchev–Trinajstić information content (AvgIpc) is 4.08. The minimum atomic E-state index is -0.281. The first-order chi connectivity index (χ1) is 30.5. The van der Waals surface area contributed by atoms with Crippen molar-refractivity contribution in [1.82, 2.24) is 35.0 Å². The summed E-state index contributed by atoms with van der Waals surface area (Å²) < 4.78 is 16.9. The van der Waals surface area contributed by atoms with Crippen molar-refractivity contribution in [3.05, 3.63) is 180 Å². The molecule has 0 saturated heterocycles. The van der Waals surface area contributed by atoms with Crippen LogP contribution in [0, 0.1) is 12.1 Å². The van der Waals surface area contributed by atoms with Gasteiger partial charge in [-0.3, -0.25) is 4.79 Å². The van der Waals surface area contributed by atoms with Gasteiger partial charge in [-0.2, -0.15) is 42.1 Å². The molecule has 0 aliphatic carbocycles. The summed E-state index contributed by atoms with van der Waals surface area (Å²) in [5, 5.41) is 22.2. The van der Waals surface area contributed by atoms with E-state index in [2.05, 4.69) is 42.5 Å². The SMILES string of the molecule is COc1c[c-]c(-n2nc3ccccc3n2)c2ccccc12.COc1c[c-]c(-n2nc3ccccc3n2)c2ccccc12.COc1ccc2[n-]c(=NC(=O)c3ccccc3)sc2c1.[Ir+3]. The fourth-order valence-corrected chi connectivity index (χ4v) is 7.64. The van der Waals surface area contributed by atoms with Gasteiger partial charge in [-0.15, -0.1) is 35.6 Å². The molecule has 14 heteroatoms. The number of carbonyl (C=O) groups is 1. The number of ether oxygens (including phenoxy) is 3. The molecule has 63 heavy (non-hydrogen) atoms. The molecule has 0 unspecified atom stereocenters. The summed E-state index contributed by atoms with van der Waals surface area (Å²) in [7, 11) is 4.94. The summed E-state index contributed by atoms with van der Waals surface area (Å²) in [6, 6.07) is 56.3. The number of thiazole rings is 1. The first-order valence-electron chi connectivity index (χ1n) is 19.3. The largest absolute Gasteiger partial charge is 3.00 e. The second-order valence-electron chi connectivity index (χ2n) is 13.6. The Morgan fingerprint density at radius 3 is 1.48 bits per heavy atom. The summed E-state index contributed by atoms with van der Waals surface area (Å²) in [6.45, 7) is 0. The zero-order valence-corrected chi connectivity index (χ0v) is 37.2. The van der Waals surface area contributed by atoms with Crippen molar-refractivity contribution in [2.45, 2.75) is 0 Å². The number of carbonyl (C=O) groups excluding carboxylic acids is 1. The van der Waals surface area contributed by atoms with E-state index in [0.29, 0.717) is 10.4 Å². The maximum atomic E-state index is 12.0. The number of aromatic nitrogens is 7. The molecule has 12 nitrogen and oxygen atoms in total. The van der Waals surface area contributed by atoms with Gasteiger partial charge in [0.25, 0.3) is 0 Å². The molecule has 1 amide bonds. The first-order valence-corrected chi connectivity index (χ1v) is 20.2. The molecule has 11 aromatic rings. The third kappa shape index (κ3) is 8.95. The summed E-state index contributed by atoms with van der Waals surface area (Å²) in [5.41, 5.74) is 6.48. The molecule has 0 fully saturated rings. The van der Waals surface area contributed by atoms with E-state index in [1.807, 2.05) is 146 Å². The quantitative estimate of drug-likeness (QED) is 0.150. The van der Waals surface area contributed by atoms with E-state index in [1.54, 1.807) is 43.1 Å². The molecular weight excluding hydrogens is 989 g/mol. The fourth-order valence-electron chi connectivity index (χ4n) is 6.78. The van der Waals surface area contributed by atoms with E-state index in [1.165, 1.54) is 11.3 Å². The molecule has 0 bridgehead atoms. The number of hydrogen-bond donors (Lipinski definition) is 0. The number of nitrogens with zero attached hydrogens (tertiary/aromatic N) is 8. The van der Waals surface area contributed by atoms with E-state index >= 15 is 0 Å². The number of fused-ring (bicyclic) bond motifs is 5. The number of methoxy groups -OCH3 is 3. The molecule has 0 radical (unpaired) electrons. The predicted molar refractivity (Wildman–Crippen MR) is 242 cm³/mol. The van der Waals surface area contributed by atoms with Crippen LogP contribution >= 0.6 is 11.3 Å². The van der Waals surface area contributed by atoms with Crippen LogP contribution in [0.2, 0.25) is 0 Å². The second kappa shape index (κ2) is 19.0. The number of benzene rings is 8. The normalized spacial score (nSPS) is 11.1. The smallest absolute Gasteiger partial charge is 0.554 e. The van der Waals surface area contributed by atoms with Gasteiger partial charge in [0.1, 0.15) is 27.8 Å². The number of hydrogen-bond acceptors (Lipinski definition) is 9. The van der Waals surface area contributed by atoms with Gasteiger partial charge in [0.05, 0.1) is 21.3 Å². The first kappa shape index (κ1) is 42.2. The third-order valence-corrected chi connectivity index (χ3v) is 10.7. The fraction of sp³-hybridized carbons (Fsp3) is 0.0612. The summed E-state index contributed by atoms with van der Waals surface area (Å²) in [6.07, 6.45) is 0. The molecule has 0 saturated carbocycles. The van der Waals surface area contributed by atoms with Crippen molar-refractivity contribution in [2.24, 2.45) is 4.99 Å². The van der Waals surface area contributed by atoms with Crippen molar-refractivity contribution in [3.8, 4) is 28.6 Å². The summed E-state index contributed by atoms with van der Waals surface area (Å²) >= 11 is 1.37. The van der Waals surface area contributed by atoms with Gasteiger partial charge in [0.15, 0.2) is 5.91 Å². The number of rotatable bonds is 6. The zero-order chi connectivity index (χ0) is 42.4. The Bertz CT molecular complexity index is 3210. The predicted octanol–water partition coefficient (Wildman–Crippen LogP) is 9.37. The van der Waals surface area contributed by atoms with Crippen LogP contribution in [-0.4, -0.2) is 57.2 Å². The van der Waals surface area contributed by atoms with Crippen LogP contribution in [-0.2, 0) is 20.1 Å². The molecule has 0 spiro atoms. The van der Waals surface area contributed by atoms with E-state index in [0.717, 1.165) is 82.5 Å². The Morgan fingerprint density at radius 2 is 1.02 bits per heavy atom. The maximum Gasteiger partial charge on any atom is 3.00 e. The maximum absolute atomic E-state index is 12.0. The van der Waals surface area contributed by atoms with Crippen LogP contribution in [0.1, 0.15) is 10.4 Å². The van der Waals surface area contributed by atoms with Crippen LogP contribution in [0.3, 0.4) is 0 Å².